The highest BCUT2D eigenvalue weighted by atomic mass is 16.6. The smallest absolute Gasteiger partial charge is 0.410 e. The summed E-state index contributed by atoms with van der Waals surface area (Å²) in [5, 5.41) is 2.64. The minimum absolute atomic E-state index is 0.0991. The zero-order chi connectivity index (χ0) is 19.1. The van der Waals surface area contributed by atoms with Crippen molar-refractivity contribution in [2.45, 2.75) is 25.9 Å². The van der Waals surface area contributed by atoms with E-state index in [-0.39, 0.29) is 18.6 Å². The zero-order valence-corrected chi connectivity index (χ0v) is 15.4. The lowest BCUT2D eigenvalue weighted by molar-refractivity contribution is -0.105. The molecule has 1 N–H and O–H groups in total. The van der Waals surface area contributed by atoms with Gasteiger partial charge in [-0.1, -0.05) is 54.1 Å². The lowest BCUT2D eigenvalue weighted by Crippen LogP contribution is -2.34. The summed E-state index contributed by atoms with van der Waals surface area (Å²) in [6.07, 6.45) is 3.43. The molecule has 0 aliphatic carbocycles. The zero-order valence-electron chi connectivity index (χ0n) is 15.4. The van der Waals surface area contributed by atoms with Gasteiger partial charge in [-0.05, 0) is 36.6 Å². The molecular formula is C22H24N2O3. The molecule has 0 spiro atoms. The van der Waals surface area contributed by atoms with Gasteiger partial charge in [-0.2, -0.15) is 0 Å². The van der Waals surface area contributed by atoms with Crippen LogP contribution in [0.15, 0.2) is 66.2 Å². The van der Waals surface area contributed by atoms with Gasteiger partial charge in [-0.3, -0.25) is 4.79 Å². The van der Waals surface area contributed by atoms with E-state index < -0.39 is 0 Å². The Labute approximate surface area is 159 Å². The van der Waals surface area contributed by atoms with Crippen molar-refractivity contribution in [1.82, 2.24) is 4.90 Å². The number of anilines is 1. The third-order valence-electron chi connectivity index (χ3n) is 4.71. The van der Waals surface area contributed by atoms with Crippen LogP contribution in [0.2, 0.25) is 0 Å². The number of ether oxygens (including phenoxy) is 1. The Bertz CT molecular complexity index is 800. The van der Waals surface area contributed by atoms with Gasteiger partial charge in [0.25, 0.3) is 0 Å². The summed E-state index contributed by atoms with van der Waals surface area (Å²) < 4.78 is 5.51. The van der Waals surface area contributed by atoms with Gasteiger partial charge in [-0.15, -0.1) is 0 Å². The van der Waals surface area contributed by atoms with Crippen LogP contribution in [0.4, 0.5) is 10.5 Å². The Morgan fingerprint density at radius 2 is 1.93 bits per heavy atom. The van der Waals surface area contributed by atoms with E-state index in [0.717, 1.165) is 23.2 Å². The molecule has 1 atom stereocenters. The molecule has 0 saturated carbocycles. The molecule has 0 fully saturated rings. The molecule has 27 heavy (non-hydrogen) atoms. The quantitative estimate of drug-likeness (QED) is 0.635. The molecule has 3 rings (SSSR count). The largest absolute Gasteiger partial charge is 0.445 e. The Morgan fingerprint density at radius 3 is 2.63 bits per heavy atom. The number of amides is 2. The van der Waals surface area contributed by atoms with E-state index in [1.54, 1.807) is 4.90 Å². The van der Waals surface area contributed by atoms with E-state index in [4.69, 9.17) is 4.74 Å². The van der Waals surface area contributed by atoms with Gasteiger partial charge in [-0.25, -0.2) is 4.79 Å². The first kappa shape index (κ1) is 18.7. The monoisotopic (exact) mass is 364 g/mol. The highest BCUT2D eigenvalue weighted by Crippen LogP contribution is 2.26. The van der Waals surface area contributed by atoms with Crippen LogP contribution in [0, 0.1) is 0 Å². The second-order valence-electron chi connectivity index (χ2n) is 6.74. The standard InChI is InChI=1S/C22H24N2O3/c1-17-11-12-24(22(26)27-15-18-5-3-2-4-6-18)14-20(13-17)19-7-9-21(10-8-19)23-16-25/h2-10,13,16,20H,11-12,14-15H2,1H3,(H,23,25). The molecule has 1 unspecified atom stereocenters. The van der Waals surface area contributed by atoms with Gasteiger partial charge < -0.3 is 15.0 Å². The number of carbonyl (C=O) groups is 2. The highest BCUT2D eigenvalue weighted by molar-refractivity contribution is 5.71. The molecule has 2 amide bonds. The van der Waals surface area contributed by atoms with E-state index in [1.165, 1.54) is 5.57 Å². The second-order valence-corrected chi connectivity index (χ2v) is 6.74. The minimum atomic E-state index is -0.286. The predicted octanol–water partition coefficient (Wildman–Crippen LogP) is 4.33. The second kappa shape index (κ2) is 9.03. The van der Waals surface area contributed by atoms with Crippen LogP contribution in [-0.4, -0.2) is 30.5 Å². The van der Waals surface area contributed by atoms with E-state index in [0.29, 0.717) is 19.5 Å². The van der Waals surface area contributed by atoms with Crippen LogP contribution in [0.3, 0.4) is 0 Å². The Morgan fingerprint density at radius 1 is 1.19 bits per heavy atom. The molecule has 1 aliphatic heterocycles. The number of hydrogen-bond acceptors (Lipinski definition) is 3. The van der Waals surface area contributed by atoms with Crippen LogP contribution in [-0.2, 0) is 16.1 Å². The molecule has 0 radical (unpaired) electrons. The fraction of sp³-hybridized carbons (Fsp3) is 0.273. The van der Waals surface area contributed by atoms with Crippen molar-refractivity contribution in [1.29, 1.82) is 0 Å². The molecule has 2 aromatic rings. The van der Waals surface area contributed by atoms with Crippen molar-refractivity contribution in [3.63, 3.8) is 0 Å². The van der Waals surface area contributed by atoms with Gasteiger partial charge in [0, 0.05) is 24.7 Å². The topological polar surface area (TPSA) is 58.6 Å². The maximum absolute atomic E-state index is 12.6. The van der Waals surface area contributed by atoms with Crippen molar-refractivity contribution in [3.05, 3.63) is 77.4 Å². The number of nitrogens with zero attached hydrogens (tertiary/aromatic N) is 1. The first-order chi connectivity index (χ1) is 13.2. The number of benzene rings is 2. The summed E-state index contributed by atoms with van der Waals surface area (Å²) in [5.74, 6) is 0.0991. The average molecular weight is 364 g/mol. The van der Waals surface area contributed by atoms with Crippen LogP contribution < -0.4 is 5.32 Å². The first-order valence-electron chi connectivity index (χ1n) is 9.09. The molecule has 5 heteroatoms. The van der Waals surface area contributed by atoms with Crippen LogP contribution >= 0.6 is 0 Å². The molecule has 1 aliphatic rings. The van der Waals surface area contributed by atoms with Crippen LogP contribution in [0.25, 0.3) is 0 Å². The number of nitrogens with one attached hydrogen (secondary N) is 1. The summed E-state index contributed by atoms with van der Waals surface area (Å²) in [4.78, 5) is 24.9. The lowest BCUT2D eigenvalue weighted by Gasteiger charge is -2.24. The average Bonchev–Trinajstić information content (AvgIpc) is 2.90. The Hall–Kier alpha value is -3.08. The molecule has 140 valence electrons. The van der Waals surface area contributed by atoms with Crippen molar-refractivity contribution in [2.75, 3.05) is 18.4 Å². The van der Waals surface area contributed by atoms with Crippen molar-refractivity contribution >= 4 is 18.2 Å². The van der Waals surface area contributed by atoms with E-state index in [2.05, 4.69) is 18.3 Å². The molecule has 0 saturated heterocycles. The summed E-state index contributed by atoms with van der Waals surface area (Å²) >= 11 is 0. The molecule has 0 aromatic heterocycles. The van der Waals surface area contributed by atoms with Crippen LogP contribution in [0.5, 0.6) is 0 Å². The van der Waals surface area contributed by atoms with Gasteiger partial charge in [0.2, 0.25) is 6.41 Å². The SMILES string of the molecule is CC1=CC(c2ccc(NC=O)cc2)CN(C(=O)OCc2ccccc2)CC1. The Balaban J connectivity index is 1.67. The summed E-state index contributed by atoms with van der Waals surface area (Å²) in [7, 11) is 0. The summed E-state index contributed by atoms with van der Waals surface area (Å²) in [5.41, 5.74) is 4.09. The van der Waals surface area contributed by atoms with Crippen molar-refractivity contribution in [2.24, 2.45) is 0 Å². The molecular weight excluding hydrogens is 340 g/mol. The van der Waals surface area contributed by atoms with E-state index >= 15 is 0 Å². The highest BCUT2D eigenvalue weighted by Gasteiger charge is 2.23. The third kappa shape index (κ3) is 5.20. The molecule has 0 bridgehead atoms. The molecule has 5 nitrogen and oxygen atoms in total. The minimum Gasteiger partial charge on any atom is -0.445 e. The van der Waals surface area contributed by atoms with Crippen molar-refractivity contribution in [3.8, 4) is 0 Å². The Kier molecular flexibility index (Phi) is 6.26. The van der Waals surface area contributed by atoms with Gasteiger partial charge in [0.05, 0.1) is 0 Å². The molecule has 1 heterocycles. The van der Waals surface area contributed by atoms with Gasteiger partial charge in [0.1, 0.15) is 6.61 Å². The maximum Gasteiger partial charge on any atom is 0.410 e. The van der Waals surface area contributed by atoms with Gasteiger partial charge >= 0.3 is 6.09 Å². The van der Waals surface area contributed by atoms with Crippen LogP contribution in [0.1, 0.15) is 30.4 Å². The third-order valence-corrected chi connectivity index (χ3v) is 4.71. The number of rotatable bonds is 5. The fourth-order valence-electron chi connectivity index (χ4n) is 3.19. The fourth-order valence-corrected chi connectivity index (χ4v) is 3.19. The number of hydrogen-bond donors (Lipinski definition) is 1. The van der Waals surface area contributed by atoms with E-state index in [1.807, 2.05) is 54.6 Å². The van der Waals surface area contributed by atoms with Crippen molar-refractivity contribution < 1.29 is 14.3 Å². The maximum atomic E-state index is 12.6. The van der Waals surface area contributed by atoms with Gasteiger partial charge in [0.15, 0.2) is 0 Å². The van der Waals surface area contributed by atoms with E-state index in [9.17, 15) is 9.59 Å². The summed E-state index contributed by atoms with van der Waals surface area (Å²) in [6.45, 7) is 3.59. The molecule has 2 aromatic carbocycles. The predicted molar refractivity (Wildman–Crippen MR) is 105 cm³/mol. The first-order valence-corrected chi connectivity index (χ1v) is 9.09. The lowest BCUT2D eigenvalue weighted by atomic mass is 9.96. The number of carbonyl (C=O) groups excluding carboxylic acids is 2. The normalized spacial score (nSPS) is 16.9. The summed E-state index contributed by atoms with van der Waals surface area (Å²) in [6, 6.07) is 17.4.